The number of nitrogens with one attached hydrogen (secondary N) is 1. The Hall–Kier alpha value is -1.81. The number of carbonyl (C=O) groups is 2. The van der Waals surface area contributed by atoms with Crippen molar-refractivity contribution >= 4 is 66.7 Å². The third kappa shape index (κ3) is 6.83. The van der Waals surface area contributed by atoms with Crippen molar-refractivity contribution in [2.45, 2.75) is 19.5 Å². The highest BCUT2D eigenvalue weighted by atomic mass is 79.9. The van der Waals surface area contributed by atoms with Crippen molar-refractivity contribution < 1.29 is 18.0 Å². The van der Waals surface area contributed by atoms with E-state index in [4.69, 9.17) is 23.2 Å². The first-order chi connectivity index (χ1) is 14.4. The maximum atomic E-state index is 13.3. The molecule has 2 amide bonds. The van der Waals surface area contributed by atoms with Crippen LogP contribution in [0.1, 0.15) is 12.5 Å². The van der Waals surface area contributed by atoms with Crippen molar-refractivity contribution in [3.8, 4) is 0 Å². The normalized spacial score (nSPS) is 12.2. The fourth-order valence-electron chi connectivity index (χ4n) is 2.85. The van der Waals surface area contributed by atoms with Crippen LogP contribution < -0.4 is 9.62 Å². The third-order valence-corrected chi connectivity index (χ3v) is 6.75. The van der Waals surface area contributed by atoms with Crippen LogP contribution in [0.5, 0.6) is 0 Å². The summed E-state index contributed by atoms with van der Waals surface area (Å²) in [6.45, 7) is 1.14. The van der Waals surface area contributed by atoms with Gasteiger partial charge in [-0.25, -0.2) is 8.42 Å². The van der Waals surface area contributed by atoms with Gasteiger partial charge in [0.2, 0.25) is 21.8 Å². The molecule has 31 heavy (non-hydrogen) atoms. The van der Waals surface area contributed by atoms with Gasteiger partial charge in [-0.15, -0.1) is 0 Å². The van der Waals surface area contributed by atoms with Gasteiger partial charge in [-0.3, -0.25) is 13.9 Å². The number of likely N-dealkylation sites (N-methyl/N-ethyl adjacent to an activating group) is 1. The molecular formula is C20H22BrCl2N3O4S. The summed E-state index contributed by atoms with van der Waals surface area (Å²) in [6.07, 6.45) is 0.971. The molecule has 0 aliphatic carbocycles. The van der Waals surface area contributed by atoms with E-state index in [-0.39, 0.29) is 28.2 Å². The summed E-state index contributed by atoms with van der Waals surface area (Å²) in [5.74, 6) is -0.947. The van der Waals surface area contributed by atoms with Crippen LogP contribution in [0.25, 0.3) is 0 Å². The Kier molecular flexibility index (Phi) is 8.76. The average molecular weight is 551 g/mol. The zero-order chi connectivity index (χ0) is 23.3. The number of hydrogen-bond donors (Lipinski definition) is 1. The first kappa shape index (κ1) is 25.5. The molecule has 0 aliphatic heterocycles. The molecule has 7 nitrogen and oxygen atoms in total. The molecule has 0 heterocycles. The van der Waals surface area contributed by atoms with E-state index in [0.29, 0.717) is 0 Å². The number of halogens is 3. The molecule has 0 fully saturated rings. The van der Waals surface area contributed by atoms with Crippen LogP contribution in [0, 0.1) is 0 Å². The highest BCUT2D eigenvalue weighted by molar-refractivity contribution is 9.10. The molecule has 0 radical (unpaired) electrons. The molecule has 0 spiro atoms. The van der Waals surface area contributed by atoms with Gasteiger partial charge in [-0.1, -0.05) is 51.3 Å². The van der Waals surface area contributed by atoms with Gasteiger partial charge in [0, 0.05) is 23.1 Å². The number of anilines is 1. The zero-order valence-corrected chi connectivity index (χ0v) is 21.0. The van der Waals surface area contributed by atoms with Crippen LogP contribution in [-0.2, 0) is 26.2 Å². The molecular weight excluding hydrogens is 529 g/mol. The third-order valence-electron chi connectivity index (χ3n) is 4.54. The molecule has 0 saturated heterocycles. The van der Waals surface area contributed by atoms with Gasteiger partial charge in [-0.05, 0) is 42.8 Å². The van der Waals surface area contributed by atoms with Crippen LogP contribution in [-0.4, -0.2) is 51.0 Å². The number of rotatable bonds is 8. The zero-order valence-electron chi connectivity index (χ0n) is 17.1. The Bertz CT molecular complexity index is 1060. The quantitative estimate of drug-likeness (QED) is 0.543. The lowest BCUT2D eigenvalue weighted by Gasteiger charge is -2.31. The number of benzene rings is 2. The first-order valence-electron chi connectivity index (χ1n) is 9.12. The van der Waals surface area contributed by atoms with Gasteiger partial charge in [0.1, 0.15) is 12.6 Å². The van der Waals surface area contributed by atoms with E-state index >= 15 is 0 Å². The second kappa shape index (κ2) is 10.7. The minimum atomic E-state index is -3.88. The highest BCUT2D eigenvalue weighted by Gasteiger charge is 2.30. The Morgan fingerprint density at radius 2 is 1.74 bits per heavy atom. The lowest BCUT2D eigenvalue weighted by atomic mass is 10.1. The van der Waals surface area contributed by atoms with E-state index in [1.165, 1.54) is 30.1 Å². The largest absolute Gasteiger partial charge is 0.357 e. The summed E-state index contributed by atoms with van der Waals surface area (Å²) in [5.41, 5.74) is 0.861. The predicted octanol–water partition coefficient (Wildman–Crippen LogP) is 3.69. The molecule has 0 saturated carbocycles. The topological polar surface area (TPSA) is 86.8 Å². The number of sulfonamides is 1. The summed E-state index contributed by atoms with van der Waals surface area (Å²) < 4.78 is 26.7. The first-order valence-corrected chi connectivity index (χ1v) is 12.5. The van der Waals surface area contributed by atoms with E-state index in [0.717, 1.165) is 20.6 Å². The van der Waals surface area contributed by atoms with Crippen LogP contribution in [0.2, 0.25) is 10.0 Å². The van der Waals surface area contributed by atoms with Gasteiger partial charge in [0.05, 0.1) is 17.0 Å². The van der Waals surface area contributed by atoms with Gasteiger partial charge < -0.3 is 10.2 Å². The van der Waals surface area contributed by atoms with E-state index in [2.05, 4.69) is 21.2 Å². The molecule has 0 bridgehead atoms. The Morgan fingerprint density at radius 1 is 1.13 bits per heavy atom. The van der Waals surface area contributed by atoms with Crippen LogP contribution >= 0.6 is 39.1 Å². The van der Waals surface area contributed by atoms with E-state index in [9.17, 15) is 18.0 Å². The predicted molar refractivity (Wildman–Crippen MR) is 127 cm³/mol. The summed E-state index contributed by atoms with van der Waals surface area (Å²) in [7, 11) is -2.41. The van der Waals surface area contributed by atoms with Gasteiger partial charge in [0.25, 0.3) is 0 Å². The molecule has 11 heteroatoms. The van der Waals surface area contributed by atoms with Gasteiger partial charge in [-0.2, -0.15) is 0 Å². The van der Waals surface area contributed by atoms with E-state index in [1.807, 2.05) is 24.3 Å². The summed E-state index contributed by atoms with van der Waals surface area (Å²) in [6, 6.07) is 10.8. The Labute approximate surface area is 200 Å². The van der Waals surface area contributed by atoms with Crippen LogP contribution in [0.15, 0.2) is 46.9 Å². The maximum Gasteiger partial charge on any atom is 0.244 e. The van der Waals surface area contributed by atoms with Crippen LogP contribution in [0.3, 0.4) is 0 Å². The fourth-order valence-corrected chi connectivity index (χ4v) is 4.40. The minimum absolute atomic E-state index is 0.0844. The molecule has 0 aliphatic rings. The van der Waals surface area contributed by atoms with Crippen LogP contribution in [0.4, 0.5) is 5.69 Å². The van der Waals surface area contributed by atoms with Crippen molar-refractivity contribution in [2.24, 2.45) is 0 Å². The van der Waals surface area contributed by atoms with Crippen molar-refractivity contribution in [1.82, 2.24) is 10.2 Å². The molecule has 0 aromatic heterocycles. The van der Waals surface area contributed by atoms with Crippen molar-refractivity contribution in [1.29, 1.82) is 0 Å². The standard InChI is InChI=1S/C20H22BrCl2N3O4S/c1-13(20(28)24-2)25(11-14-4-6-15(21)7-5-14)19(27)12-26(31(3,29)30)18-10-16(22)8-9-17(18)23/h4-10,13H,11-12H2,1-3H3,(H,24,28)/t13-/m1/s1. The second-order valence-corrected chi connectivity index (χ2v) is 10.5. The molecule has 2 aromatic rings. The molecule has 2 aromatic carbocycles. The van der Waals surface area contributed by atoms with E-state index < -0.39 is 28.5 Å². The highest BCUT2D eigenvalue weighted by Crippen LogP contribution is 2.31. The molecule has 2 rings (SSSR count). The van der Waals surface area contributed by atoms with Crippen molar-refractivity contribution in [3.05, 3.63) is 62.5 Å². The lowest BCUT2D eigenvalue weighted by molar-refractivity contribution is -0.139. The Morgan fingerprint density at radius 3 is 2.29 bits per heavy atom. The molecule has 168 valence electrons. The maximum absolute atomic E-state index is 13.3. The molecule has 1 atom stereocenters. The number of nitrogens with zero attached hydrogens (tertiary/aromatic N) is 2. The monoisotopic (exact) mass is 549 g/mol. The molecule has 1 N–H and O–H groups in total. The Balaban J connectivity index is 2.42. The molecule has 0 unspecified atom stereocenters. The lowest BCUT2D eigenvalue weighted by Crippen LogP contribution is -2.50. The van der Waals surface area contributed by atoms with Crippen molar-refractivity contribution in [3.63, 3.8) is 0 Å². The van der Waals surface area contributed by atoms with Gasteiger partial charge in [0.15, 0.2) is 0 Å². The smallest absolute Gasteiger partial charge is 0.244 e. The average Bonchev–Trinajstić information content (AvgIpc) is 2.71. The number of amides is 2. The number of carbonyl (C=O) groups excluding carboxylic acids is 2. The second-order valence-electron chi connectivity index (χ2n) is 6.80. The summed E-state index contributed by atoms with van der Waals surface area (Å²) in [4.78, 5) is 26.8. The fraction of sp³-hybridized carbons (Fsp3) is 0.300. The summed E-state index contributed by atoms with van der Waals surface area (Å²) in [5, 5.41) is 2.91. The SMILES string of the molecule is CNC(=O)[C@@H](C)N(Cc1ccc(Br)cc1)C(=O)CN(c1cc(Cl)ccc1Cl)S(C)(=O)=O. The van der Waals surface area contributed by atoms with Crippen molar-refractivity contribution in [2.75, 3.05) is 24.2 Å². The van der Waals surface area contributed by atoms with E-state index in [1.54, 1.807) is 6.92 Å². The minimum Gasteiger partial charge on any atom is -0.357 e. The summed E-state index contributed by atoms with van der Waals surface area (Å²) >= 11 is 15.5. The van der Waals surface area contributed by atoms with Gasteiger partial charge >= 0.3 is 0 Å². The number of hydrogen-bond acceptors (Lipinski definition) is 4.